The number of amides is 1. The van der Waals surface area contributed by atoms with Gasteiger partial charge in [-0.05, 0) is 31.5 Å². The normalized spacial score (nSPS) is 11.2. The number of thiazole rings is 1. The van der Waals surface area contributed by atoms with Crippen molar-refractivity contribution in [1.82, 2.24) is 20.5 Å². The van der Waals surface area contributed by atoms with Crippen molar-refractivity contribution in [3.63, 3.8) is 0 Å². The van der Waals surface area contributed by atoms with Gasteiger partial charge in [0, 0.05) is 39.0 Å². The zero-order valence-electron chi connectivity index (χ0n) is 17.0. The summed E-state index contributed by atoms with van der Waals surface area (Å²) in [5.41, 5.74) is 2.12. The van der Waals surface area contributed by atoms with Crippen LogP contribution in [-0.2, 0) is 17.8 Å². The Labute approximate surface area is 170 Å². The Balaban J connectivity index is 1.88. The van der Waals surface area contributed by atoms with Gasteiger partial charge in [0.15, 0.2) is 12.6 Å². The number of aliphatic imine (C=N–C) groups is 1. The van der Waals surface area contributed by atoms with Gasteiger partial charge in [0.25, 0.3) is 5.91 Å². The second kappa shape index (κ2) is 11.3. The number of nitrogens with zero attached hydrogens (tertiary/aromatic N) is 3. The first-order chi connectivity index (χ1) is 13.5. The largest absolute Gasteiger partial charge is 0.484 e. The van der Waals surface area contributed by atoms with Gasteiger partial charge in [-0.3, -0.25) is 4.79 Å². The second-order valence-electron chi connectivity index (χ2n) is 6.45. The standard InChI is InChI=1S/C20H29N5O2S/c1-5-21-20(22-10-9-17-14-28-15(2)24-17)23-12-16-7-6-8-18(11-16)27-13-19(26)25(3)4/h6-8,11,14H,5,9-10,12-13H2,1-4H3,(H2,21,22,23). The average molecular weight is 404 g/mol. The van der Waals surface area contributed by atoms with Gasteiger partial charge >= 0.3 is 0 Å². The predicted octanol–water partition coefficient (Wildman–Crippen LogP) is 2.22. The highest BCUT2D eigenvalue weighted by molar-refractivity contribution is 7.09. The summed E-state index contributed by atoms with van der Waals surface area (Å²) in [4.78, 5) is 22.3. The maximum Gasteiger partial charge on any atom is 0.259 e. The van der Waals surface area contributed by atoms with Crippen LogP contribution in [0, 0.1) is 6.92 Å². The molecule has 152 valence electrons. The topological polar surface area (TPSA) is 78.9 Å². The molecular weight excluding hydrogens is 374 g/mol. The zero-order valence-corrected chi connectivity index (χ0v) is 17.8. The number of likely N-dealkylation sites (N-methyl/N-ethyl adjacent to an activating group) is 1. The summed E-state index contributed by atoms with van der Waals surface area (Å²) in [6.07, 6.45) is 0.859. The Morgan fingerprint density at radius 2 is 2.14 bits per heavy atom. The molecular formula is C20H29N5O2S. The molecule has 1 heterocycles. The van der Waals surface area contributed by atoms with Gasteiger partial charge < -0.3 is 20.3 Å². The fourth-order valence-electron chi connectivity index (χ4n) is 2.35. The van der Waals surface area contributed by atoms with Gasteiger partial charge in [-0.25, -0.2) is 9.98 Å². The molecule has 0 radical (unpaired) electrons. The lowest BCUT2D eigenvalue weighted by Crippen LogP contribution is -2.38. The maximum atomic E-state index is 11.7. The van der Waals surface area contributed by atoms with Crippen LogP contribution in [0.3, 0.4) is 0 Å². The van der Waals surface area contributed by atoms with Gasteiger partial charge in [0.2, 0.25) is 0 Å². The van der Waals surface area contributed by atoms with E-state index in [1.54, 1.807) is 25.4 Å². The van der Waals surface area contributed by atoms with Crippen molar-refractivity contribution in [2.75, 3.05) is 33.8 Å². The fourth-order valence-corrected chi connectivity index (χ4v) is 3.00. The molecule has 0 spiro atoms. The third-order valence-corrected chi connectivity index (χ3v) is 4.69. The monoisotopic (exact) mass is 403 g/mol. The van der Waals surface area contributed by atoms with Gasteiger partial charge in [0.05, 0.1) is 17.2 Å². The highest BCUT2D eigenvalue weighted by atomic mass is 32.1. The van der Waals surface area contributed by atoms with E-state index < -0.39 is 0 Å². The van der Waals surface area contributed by atoms with Gasteiger partial charge in [0.1, 0.15) is 5.75 Å². The molecule has 7 nitrogen and oxygen atoms in total. The molecule has 2 rings (SSSR count). The molecule has 0 saturated carbocycles. The molecule has 0 aliphatic carbocycles. The van der Waals surface area contributed by atoms with Gasteiger partial charge in [-0.15, -0.1) is 11.3 Å². The number of aromatic nitrogens is 1. The lowest BCUT2D eigenvalue weighted by Gasteiger charge is -2.12. The van der Waals surface area contributed by atoms with Crippen molar-refractivity contribution < 1.29 is 9.53 Å². The number of hydrogen-bond donors (Lipinski definition) is 2. The summed E-state index contributed by atoms with van der Waals surface area (Å²) in [7, 11) is 3.42. The minimum absolute atomic E-state index is 0.0278. The third-order valence-electron chi connectivity index (χ3n) is 3.86. The molecule has 0 atom stereocenters. The molecule has 0 unspecified atom stereocenters. The molecule has 2 N–H and O–H groups in total. The van der Waals surface area contributed by atoms with E-state index >= 15 is 0 Å². The molecule has 0 bridgehead atoms. The first kappa shape index (κ1) is 21.7. The minimum Gasteiger partial charge on any atom is -0.484 e. The minimum atomic E-state index is -0.0719. The first-order valence-corrected chi connectivity index (χ1v) is 10.2. The summed E-state index contributed by atoms with van der Waals surface area (Å²) in [6, 6.07) is 7.65. The predicted molar refractivity (Wildman–Crippen MR) is 114 cm³/mol. The van der Waals surface area contributed by atoms with Crippen LogP contribution in [0.5, 0.6) is 5.75 Å². The summed E-state index contributed by atoms with van der Waals surface area (Å²) < 4.78 is 5.56. The highest BCUT2D eigenvalue weighted by Gasteiger charge is 2.05. The Bertz CT molecular complexity index is 788. The van der Waals surface area contributed by atoms with Crippen LogP contribution in [-0.4, -0.2) is 55.5 Å². The number of rotatable bonds is 9. The zero-order chi connectivity index (χ0) is 20.4. The van der Waals surface area contributed by atoms with E-state index in [0.29, 0.717) is 12.3 Å². The Morgan fingerprint density at radius 1 is 1.32 bits per heavy atom. The van der Waals surface area contributed by atoms with E-state index in [2.05, 4.69) is 26.0 Å². The van der Waals surface area contributed by atoms with Crippen LogP contribution < -0.4 is 15.4 Å². The van der Waals surface area contributed by atoms with Gasteiger partial charge in [-0.2, -0.15) is 0 Å². The maximum absolute atomic E-state index is 11.7. The molecule has 0 aliphatic rings. The van der Waals surface area contributed by atoms with Crippen LogP contribution in [0.1, 0.15) is 23.2 Å². The fraction of sp³-hybridized carbons (Fsp3) is 0.450. The van der Waals surface area contributed by atoms with E-state index in [9.17, 15) is 4.79 Å². The first-order valence-electron chi connectivity index (χ1n) is 9.33. The second-order valence-corrected chi connectivity index (χ2v) is 7.52. The summed E-state index contributed by atoms with van der Waals surface area (Å²) >= 11 is 1.67. The number of nitrogens with one attached hydrogen (secondary N) is 2. The lowest BCUT2D eigenvalue weighted by molar-refractivity contribution is -0.130. The van der Waals surface area contributed by atoms with Crippen molar-refractivity contribution in [3.8, 4) is 5.75 Å². The average Bonchev–Trinajstić information content (AvgIpc) is 3.09. The molecule has 2 aromatic rings. The molecule has 28 heavy (non-hydrogen) atoms. The molecule has 0 fully saturated rings. The Kier molecular flexibility index (Phi) is 8.74. The van der Waals surface area contributed by atoms with E-state index in [0.717, 1.165) is 41.7 Å². The van der Waals surface area contributed by atoms with Crippen molar-refractivity contribution >= 4 is 23.2 Å². The number of ether oxygens (including phenoxy) is 1. The van der Waals surface area contributed by atoms with Crippen LogP contribution in [0.2, 0.25) is 0 Å². The van der Waals surface area contributed by atoms with E-state index in [-0.39, 0.29) is 12.5 Å². The quantitative estimate of drug-likeness (QED) is 0.496. The number of aryl methyl sites for hydroxylation is 1. The molecule has 1 amide bonds. The van der Waals surface area contributed by atoms with E-state index in [4.69, 9.17) is 4.74 Å². The Morgan fingerprint density at radius 3 is 2.82 bits per heavy atom. The summed E-state index contributed by atoms with van der Waals surface area (Å²) in [5, 5.41) is 9.77. The van der Waals surface area contributed by atoms with Crippen molar-refractivity contribution in [1.29, 1.82) is 0 Å². The van der Waals surface area contributed by atoms with Crippen LogP contribution in [0.15, 0.2) is 34.6 Å². The van der Waals surface area contributed by atoms with Crippen LogP contribution in [0.4, 0.5) is 0 Å². The summed E-state index contributed by atoms with van der Waals surface area (Å²) in [5.74, 6) is 1.36. The molecule has 1 aromatic heterocycles. The lowest BCUT2D eigenvalue weighted by atomic mass is 10.2. The van der Waals surface area contributed by atoms with E-state index in [1.807, 2.05) is 38.1 Å². The van der Waals surface area contributed by atoms with Crippen LogP contribution in [0.25, 0.3) is 0 Å². The third kappa shape index (κ3) is 7.56. The van der Waals surface area contributed by atoms with Gasteiger partial charge in [-0.1, -0.05) is 12.1 Å². The Hall–Kier alpha value is -2.61. The van der Waals surface area contributed by atoms with Crippen molar-refractivity contribution in [3.05, 3.63) is 45.9 Å². The van der Waals surface area contributed by atoms with Crippen molar-refractivity contribution in [2.45, 2.75) is 26.8 Å². The number of carbonyl (C=O) groups excluding carboxylic acids is 1. The van der Waals surface area contributed by atoms with Crippen molar-refractivity contribution in [2.24, 2.45) is 4.99 Å². The number of hydrogen-bond acceptors (Lipinski definition) is 5. The number of guanidine groups is 1. The number of benzene rings is 1. The van der Waals surface area contributed by atoms with Crippen LogP contribution >= 0.6 is 11.3 Å². The highest BCUT2D eigenvalue weighted by Crippen LogP contribution is 2.14. The molecule has 8 heteroatoms. The van der Waals surface area contributed by atoms with E-state index in [1.165, 1.54) is 4.90 Å². The molecule has 0 aliphatic heterocycles. The SMILES string of the molecule is CCNC(=NCc1cccc(OCC(=O)N(C)C)c1)NCCc1csc(C)n1. The smallest absolute Gasteiger partial charge is 0.259 e. The molecule has 0 saturated heterocycles. The summed E-state index contributed by atoms with van der Waals surface area (Å²) in [6.45, 7) is 6.16. The number of carbonyl (C=O) groups is 1. The molecule has 1 aromatic carbocycles.